The smallest absolute Gasteiger partial charge is 0.283 e. The molecule has 0 spiro atoms. The van der Waals surface area contributed by atoms with Crippen LogP contribution in [0.15, 0.2) is 17.2 Å². The lowest BCUT2D eigenvalue weighted by molar-refractivity contribution is 0.262. The summed E-state index contributed by atoms with van der Waals surface area (Å²) in [5, 5.41) is 9.91. The van der Waals surface area contributed by atoms with Crippen molar-refractivity contribution in [3.63, 3.8) is 0 Å². The second-order valence-corrected chi connectivity index (χ2v) is 8.68. The van der Waals surface area contributed by atoms with Gasteiger partial charge in [0.1, 0.15) is 0 Å². The molecule has 8 heteroatoms. The number of amides is 1. The first-order valence-electron chi connectivity index (χ1n) is 9.92. The summed E-state index contributed by atoms with van der Waals surface area (Å²) in [6, 6.07) is 1.90. The molecule has 1 unspecified atom stereocenters. The van der Waals surface area contributed by atoms with Crippen LogP contribution in [0.25, 0.3) is 6.08 Å². The molecule has 0 saturated carbocycles. The van der Waals surface area contributed by atoms with Gasteiger partial charge in [0, 0.05) is 24.2 Å². The molecule has 4 rings (SSSR count). The van der Waals surface area contributed by atoms with Crippen LogP contribution in [0.2, 0.25) is 0 Å². The summed E-state index contributed by atoms with van der Waals surface area (Å²) in [4.78, 5) is 23.7. The number of carbonyl (C=O) groups excluding carboxylic acids is 1. The van der Waals surface area contributed by atoms with Gasteiger partial charge in [0.2, 0.25) is 5.95 Å². The fraction of sp³-hybridized carbons (Fsp3) is 0.632. The van der Waals surface area contributed by atoms with Crippen molar-refractivity contribution in [1.29, 1.82) is 0 Å². The molecule has 7 nitrogen and oxygen atoms in total. The van der Waals surface area contributed by atoms with E-state index in [0.717, 1.165) is 61.1 Å². The topological polar surface area (TPSA) is 82.2 Å². The third-order valence-electron chi connectivity index (χ3n) is 5.53. The van der Waals surface area contributed by atoms with Crippen molar-refractivity contribution in [2.45, 2.75) is 19.3 Å². The Kier molecular flexibility index (Phi) is 6.26. The van der Waals surface area contributed by atoms with Crippen LogP contribution in [0.4, 0.5) is 10.7 Å². The average molecular weight is 389 g/mol. The first kappa shape index (κ1) is 18.7. The van der Waals surface area contributed by atoms with E-state index in [0.29, 0.717) is 6.54 Å². The lowest BCUT2D eigenvalue weighted by atomic mass is 9.96. The normalized spacial score (nSPS) is 25.3. The summed E-state index contributed by atoms with van der Waals surface area (Å²) in [6.07, 6.45) is 7.45. The number of hydrogen-bond donors (Lipinski definition) is 3. The van der Waals surface area contributed by atoms with Gasteiger partial charge in [-0.25, -0.2) is 9.97 Å². The Morgan fingerprint density at radius 3 is 2.85 bits per heavy atom. The number of thioether (sulfide) groups is 1. The molecular weight excluding hydrogens is 360 g/mol. The summed E-state index contributed by atoms with van der Waals surface area (Å²) in [5.41, 5.74) is 0.868. The van der Waals surface area contributed by atoms with E-state index in [1.54, 1.807) is 0 Å². The first-order valence-corrected chi connectivity index (χ1v) is 10.7. The maximum atomic E-state index is 11.3. The number of piperidine rings is 1. The molecule has 3 aliphatic heterocycles. The van der Waals surface area contributed by atoms with Gasteiger partial charge in [0.05, 0.1) is 12.2 Å². The average Bonchev–Trinajstić information content (AvgIpc) is 3.34. The molecule has 1 aromatic rings. The number of carbonyl (C=O) groups is 1. The predicted octanol–water partition coefficient (Wildman–Crippen LogP) is 1.69. The largest absolute Gasteiger partial charge is 0.342 e. The molecule has 3 aliphatic rings. The first-order chi connectivity index (χ1) is 13.3. The second kappa shape index (κ2) is 9.03. The summed E-state index contributed by atoms with van der Waals surface area (Å²) < 4.78 is 0. The van der Waals surface area contributed by atoms with Crippen molar-refractivity contribution in [3.8, 4) is 0 Å². The van der Waals surface area contributed by atoms with Gasteiger partial charge in [0.25, 0.3) is 5.24 Å². The number of hydrogen-bond acceptors (Lipinski definition) is 7. The predicted molar refractivity (Wildman–Crippen MR) is 110 cm³/mol. The van der Waals surface area contributed by atoms with E-state index in [1.165, 1.54) is 37.6 Å². The van der Waals surface area contributed by atoms with Crippen LogP contribution in [0.1, 0.15) is 25.0 Å². The monoisotopic (exact) mass is 388 g/mol. The van der Waals surface area contributed by atoms with Crippen LogP contribution in [0.5, 0.6) is 0 Å². The number of aromatic nitrogens is 2. The van der Waals surface area contributed by atoms with E-state index in [4.69, 9.17) is 0 Å². The highest BCUT2D eigenvalue weighted by Gasteiger charge is 2.22. The van der Waals surface area contributed by atoms with E-state index in [-0.39, 0.29) is 5.24 Å². The van der Waals surface area contributed by atoms with Gasteiger partial charge in [-0.3, -0.25) is 4.79 Å². The second-order valence-electron chi connectivity index (χ2n) is 7.58. The van der Waals surface area contributed by atoms with Gasteiger partial charge < -0.3 is 20.9 Å². The van der Waals surface area contributed by atoms with Crippen LogP contribution in [-0.2, 0) is 0 Å². The minimum Gasteiger partial charge on any atom is -0.342 e. The quantitative estimate of drug-likeness (QED) is 0.684. The molecular formula is C19H28N6OS. The third kappa shape index (κ3) is 5.21. The van der Waals surface area contributed by atoms with Crippen molar-refractivity contribution in [3.05, 3.63) is 22.9 Å². The minimum absolute atomic E-state index is 0.00963. The molecule has 1 atom stereocenters. The third-order valence-corrected chi connectivity index (χ3v) is 6.38. The molecule has 1 amide bonds. The highest BCUT2D eigenvalue weighted by atomic mass is 32.2. The Labute approximate surface area is 164 Å². The molecule has 146 valence electrons. The minimum atomic E-state index is 0.00963. The maximum Gasteiger partial charge on any atom is 0.283 e. The summed E-state index contributed by atoms with van der Waals surface area (Å²) >= 11 is 1.24. The van der Waals surface area contributed by atoms with E-state index in [9.17, 15) is 4.79 Å². The van der Waals surface area contributed by atoms with Crippen LogP contribution < -0.4 is 20.9 Å². The highest BCUT2D eigenvalue weighted by molar-refractivity contribution is 8.17. The van der Waals surface area contributed by atoms with Crippen molar-refractivity contribution < 1.29 is 4.79 Å². The lowest BCUT2D eigenvalue weighted by Crippen LogP contribution is -2.39. The molecule has 0 aliphatic carbocycles. The lowest BCUT2D eigenvalue weighted by Gasteiger charge is -2.32. The molecule has 4 heterocycles. The van der Waals surface area contributed by atoms with Gasteiger partial charge in [-0.2, -0.15) is 0 Å². The fourth-order valence-electron chi connectivity index (χ4n) is 3.91. The van der Waals surface area contributed by atoms with Gasteiger partial charge in [-0.1, -0.05) is 0 Å². The van der Waals surface area contributed by atoms with Crippen molar-refractivity contribution in [1.82, 2.24) is 25.9 Å². The fourth-order valence-corrected chi connectivity index (χ4v) is 4.61. The Morgan fingerprint density at radius 1 is 1.26 bits per heavy atom. The number of anilines is 1. The highest BCUT2D eigenvalue weighted by Crippen LogP contribution is 2.25. The zero-order valence-corrected chi connectivity index (χ0v) is 16.4. The van der Waals surface area contributed by atoms with E-state index in [1.807, 2.05) is 18.3 Å². The van der Waals surface area contributed by atoms with Gasteiger partial charge in [-0.05, 0) is 81.2 Å². The maximum absolute atomic E-state index is 11.3. The zero-order chi connectivity index (χ0) is 18.5. The standard InChI is InChI=1S/C19H28N6OS/c26-19-23-13-17(27-19)9-16-2-6-22-18(24-16)25-7-3-14(4-8-25)10-21-12-15-1-5-20-11-15/h2,6,9,14-15,20-21H,1,3-5,7-8,10-13H2,(H,23,26). The van der Waals surface area contributed by atoms with Crippen LogP contribution >= 0.6 is 11.8 Å². The zero-order valence-electron chi connectivity index (χ0n) is 15.6. The van der Waals surface area contributed by atoms with E-state index >= 15 is 0 Å². The Hall–Kier alpha value is -1.64. The van der Waals surface area contributed by atoms with Gasteiger partial charge in [-0.15, -0.1) is 0 Å². The van der Waals surface area contributed by atoms with Crippen molar-refractivity contribution >= 4 is 29.0 Å². The molecule has 27 heavy (non-hydrogen) atoms. The van der Waals surface area contributed by atoms with Gasteiger partial charge in [0.15, 0.2) is 0 Å². The molecule has 3 saturated heterocycles. The summed E-state index contributed by atoms with van der Waals surface area (Å²) in [7, 11) is 0. The molecule has 1 aromatic heterocycles. The van der Waals surface area contributed by atoms with Crippen LogP contribution in [0.3, 0.4) is 0 Å². The Balaban J connectivity index is 1.25. The van der Waals surface area contributed by atoms with Crippen LogP contribution in [0, 0.1) is 11.8 Å². The summed E-state index contributed by atoms with van der Waals surface area (Å²) in [6.45, 7) is 7.21. The van der Waals surface area contributed by atoms with Crippen LogP contribution in [-0.4, -0.2) is 61.0 Å². The van der Waals surface area contributed by atoms with E-state index in [2.05, 4.69) is 30.8 Å². The van der Waals surface area contributed by atoms with Crippen molar-refractivity contribution in [2.24, 2.45) is 11.8 Å². The SMILES string of the molecule is O=C1NCC(=Cc2ccnc(N3CCC(CNCC4CCNC4)CC3)n2)S1. The summed E-state index contributed by atoms with van der Waals surface area (Å²) in [5.74, 6) is 2.35. The number of nitrogens with zero attached hydrogens (tertiary/aromatic N) is 3. The Bertz CT molecular complexity index is 683. The molecule has 0 bridgehead atoms. The molecule has 0 aromatic carbocycles. The molecule has 3 fully saturated rings. The Morgan fingerprint density at radius 2 is 2.11 bits per heavy atom. The van der Waals surface area contributed by atoms with Crippen molar-refractivity contribution in [2.75, 3.05) is 50.7 Å². The number of nitrogens with one attached hydrogen (secondary N) is 3. The molecule has 0 radical (unpaired) electrons. The van der Waals surface area contributed by atoms with E-state index < -0.39 is 0 Å². The molecule has 3 N–H and O–H groups in total. The number of rotatable bonds is 6. The van der Waals surface area contributed by atoms with Gasteiger partial charge >= 0.3 is 0 Å².